The molecule has 5 rings (SSSR count). The topological polar surface area (TPSA) is 48.4 Å². The number of hydrogen-bond acceptors (Lipinski definition) is 4. The van der Waals surface area contributed by atoms with Crippen LogP contribution in [0.25, 0.3) is 10.9 Å². The van der Waals surface area contributed by atoms with Crippen LogP contribution in [0, 0.1) is 0 Å². The molecule has 1 aliphatic heterocycles. The number of carbonyl (C=O) groups is 1. The van der Waals surface area contributed by atoms with Crippen molar-refractivity contribution in [3.8, 4) is 5.75 Å². The summed E-state index contributed by atoms with van der Waals surface area (Å²) in [7, 11) is 0. The molecule has 3 aromatic carbocycles. The highest BCUT2D eigenvalue weighted by molar-refractivity contribution is 6.31. The second-order valence-corrected chi connectivity index (χ2v) is 7.31. The van der Waals surface area contributed by atoms with E-state index >= 15 is 0 Å². The molecule has 0 radical (unpaired) electrons. The van der Waals surface area contributed by atoms with Crippen molar-refractivity contribution < 1.29 is 14.3 Å². The lowest BCUT2D eigenvalue weighted by atomic mass is 9.99. The smallest absolute Gasteiger partial charge is 0.339 e. The van der Waals surface area contributed by atoms with Gasteiger partial charge in [0.15, 0.2) is 6.10 Å². The normalized spacial score (nSPS) is 15.2. The Morgan fingerprint density at radius 3 is 2.76 bits per heavy atom. The predicted molar refractivity (Wildman–Crippen MR) is 111 cm³/mol. The summed E-state index contributed by atoms with van der Waals surface area (Å²) < 4.78 is 11.5. The van der Waals surface area contributed by atoms with Crippen molar-refractivity contribution in [2.24, 2.45) is 0 Å². The summed E-state index contributed by atoms with van der Waals surface area (Å²) in [5.41, 5.74) is 4.01. The van der Waals surface area contributed by atoms with Crippen molar-refractivity contribution in [3.05, 3.63) is 106 Å². The fourth-order valence-electron chi connectivity index (χ4n) is 3.53. The van der Waals surface area contributed by atoms with Gasteiger partial charge in [0.05, 0.1) is 16.8 Å². The predicted octanol–water partition coefficient (Wildman–Crippen LogP) is 5.73. The summed E-state index contributed by atoms with van der Waals surface area (Å²) in [4.78, 5) is 16.7. The van der Waals surface area contributed by atoms with Gasteiger partial charge in [0.25, 0.3) is 0 Å². The van der Waals surface area contributed by atoms with Gasteiger partial charge in [0.1, 0.15) is 12.4 Å². The number of halogens is 1. The zero-order chi connectivity index (χ0) is 19.8. The summed E-state index contributed by atoms with van der Waals surface area (Å²) >= 11 is 6.06. The lowest BCUT2D eigenvalue weighted by Crippen LogP contribution is -2.02. The number of ether oxygens (including phenoxy) is 2. The Morgan fingerprint density at radius 2 is 1.83 bits per heavy atom. The molecule has 2 heterocycles. The van der Waals surface area contributed by atoms with E-state index in [-0.39, 0.29) is 5.97 Å². The molecule has 0 saturated carbocycles. The Balaban J connectivity index is 1.37. The quantitative estimate of drug-likeness (QED) is 0.410. The van der Waals surface area contributed by atoms with Crippen LogP contribution in [0.3, 0.4) is 0 Å². The maximum atomic E-state index is 12.1. The van der Waals surface area contributed by atoms with Gasteiger partial charge in [0, 0.05) is 21.5 Å². The van der Waals surface area contributed by atoms with Gasteiger partial charge in [0.2, 0.25) is 0 Å². The van der Waals surface area contributed by atoms with Gasteiger partial charge in [-0.3, -0.25) is 0 Å². The average molecular weight is 402 g/mol. The number of fused-ring (bicyclic) bond motifs is 2. The maximum absolute atomic E-state index is 12.1. The molecule has 0 bridgehead atoms. The Kier molecular flexibility index (Phi) is 4.41. The molecule has 142 valence electrons. The van der Waals surface area contributed by atoms with Gasteiger partial charge in [-0.1, -0.05) is 54.1 Å². The van der Waals surface area contributed by atoms with Crippen LogP contribution in [0.4, 0.5) is 0 Å². The molecular weight excluding hydrogens is 386 g/mol. The molecule has 0 N–H and O–H groups in total. The van der Waals surface area contributed by atoms with Crippen molar-refractivity contribution in [2.75, 3.05) is 0 Å². The Bertz CT molecular complexity index is 1240. The largest absolute Gasteiger partial charge is 0.487 e. The first-order chi connectivity index (χ1) is 14.2. The van der Waals surface area contributed by atoms with Crippen molar-refractivity contribution in [1.29, 1.82) is 0 Å². The number of benzene rings is 3. The number of hydrogen-bond donors (Lipinski definition) is 0. The van der Waals surface area contributed by atoms with Crippen LogP contribution in [0.1, 0.15) is 33.3 Å². The SMILES string of the molecule is O=C1OC(c2cccc(OCc3ccc4ccc(Cl)cc4n3)c2)c2ccccc21. The van der Waals surface area contributed by atoms with Gasteiger partial charge in [-0.05, 0) is 36.4 Å². The second-order valence-electron chi connectivity index (χ2n) is 6.87. The third-order valence-electron chi connectivity index (χ3n) is 4.95. The van der Waals surface area contributed by atoms with Crippen LogP contribution >= 0.6 is 11.6 Å². The highest BCUT2D eigenvalue weighted by Gasteiger charge is 2.31. The third-order valence-corrected chi connectivity index (χ3v) is 5.18. The van der Waals surface area contributed by atoms with Crippen LogP contribution in [0.5, 0.6) is 5.75 Å². The van der Waals surface area contributed by atoms with Crippen molar-refractivity contribution >= 4 is 28.5 Å². The molecule has 1 aliphatic rings. The minimum atomic E-state index is -0.414. The van der Waals surface area contributed by atoms with E-state index in [0.29, 0.717) is 22.9 Å². The number of nitrogens with zero attached hydrogens (tertiary/aromatic N) is 1. The highest BCUT2D eigenvalue weighted by atomic mass is 35.5. The molecule has 4 aromatic rings. The standard InChI is InChI=1S/C24H16ClNO3/c25-17-10-8-15-9-11-18(26-22(15)13-17)14-28-19-5-3-4-16(12-19)23-20-6-1-2-7-21(20)24(27)29-23/h1-13,23H,14H2. The molecule has 0 spiro atoms. The van der Waals surface area contributed by atoms with Gasteiger partial charge in [-0.15, -0.1) is 0 Å². The molecular formula is C24H16ClNO3. The van der Waals surface area contributed by atoms with Gasteiger partial charge in [-0.2, -0.15) is 0 Å². The van der Waals surface area contributed by atoms with E-state index in [0.717, 1.165) is 27.7 Å². The van der Waals surface area contributed by atoms with Crippen LogP contribution in [-0.4, -0.2) is 11.0 Å². The van der Waals surface area contributed by atoms with Crippen molar-refractivity contribution in [2.45, 2.75) is 12.7 Å². The maximum Gasteiger partial charge on any atom is 0.339 e. The van der Waals surface area contributed by atoms with Gasteiger partial charge in [-0.25, -0.2) is 9.78 Å². The first-order valence-corrected chi connectivity index (χ1v) is 9.63. The molecule has 1 aromatic heterocycles. The van der Waals surface area contributed by atoms with E-state index in [1.807, 2.05) is 72.8 Å². The Hall–Kier alpha value is -3.37. The first kappa shape index (κ1) is 17.7. The lowest BCUT2D eigenvalue weighted by molar-refractivity contribution is 0.0455. The van der Waals surface area contributed by atoms with Gasteiger partial charge >= 0.3 is 5.97 Å². The van der Waals surface area contributed by atoms with E-state index in [1.54, 1.807) is 6.07 Å². The van der Waals surface area contributed by atoms with Gasteiger partial charge < -0.3 is 9.47 Å². The number of esters is 1. The lowest BCUT2D eigenvalue weighted by Gasteiger charge is -2.13. The fourth-order valence-corrected chi connectivity index (χ4v) is 3.70. The van der Waals surface area contributed by atoms with Crippen LogP contribution in [-0.2, 0) is 11.3 Å². The van der Waals surface area contributed by atoms with E-state index < -0.39 is 6.10 Å². The highest BCUT2D eigenvalue weighted by Crippen LogP contribution is 2.36. The van der Waals surface area contributed by atoms with E-state index in [9.17, 15) is 4.79 Å². The molecule has 0 saturated heterocycles. The molecule has 0 aliphatic carbocycles. The van der Waals surface area contributed by atoms with Crippen LogP contribution in [0.15, 0.2) is 78.9 Å². The second kappa shape index (κ2) is 7.22. The van der Waals surface area contributed by atoms with E-state index in [2.05, 4.69) is 4.98 Å². The number of cyclic esters (lactones) is 1. The Morgan fingerprint density at radius 1 is 0.966 bits per heavy atom. The number of carbonyl (C=O) groups excluding carboxylic acids is 1. The summed E-state index contributed by atoms with van der Waals surface area (Å²) in [5.74, 6) is 0.395. The van der Waals surface area contributed by atoms with Crippen molar-refractivity contribution in [1.82, 2.24) is 4.98 Å². The average Bonchev–Trinajstić information content (AvgIpc) is 3.09. The fraction of sp³-hybridized carbons (Fsp3) is 0.0833. The Labute approximate surface area is 172 Å². The van der Waals surface area contributed by atoms with E-state index in [4.69, 9.17) is 21.1 Å². The number of rotatable bonds is 4. The first-order valence-electron chi connectivity index (χ1n) is 9.25. The zero-order valence-electron chi connectivity index (χ0n) is 15.3. The third kappa shape index (κ3) is 3.43. The minimum absolute atomic E-state index is 0.295. The molecule has 4 nitrogen and oxygen atoms in total. The summed E-state index contributed by atoms with van der Waals surface area (Å²) in [6.45, 7) is 0.326. The number of aromatic nitrogens is 1. The van der Waals surface area contributed by atoms with Crippen molar-refractivity contribution in [3.63, 3.8) is 0 Å². The van der Waals surface area contributed by atoms with Crippen LogP contribution in [0.2, 0.25) is 5.02 Å². The molecule has 1 unspecified atom stereocenters. The van der Waals surface area contributed by atoms with E-state index in [1.165, 1.54) is 0 Å². The summed E-state index contributed by atoms with van der Waals surface area (Å²) in [5, 5.41) is 1.68. The molecule has 0 amide bonds. The molecule has 29 heavy (non-hydrogen) atoms. The van der Waals surface area contributed by atoms with Crippen LogP contribution < -0.4 is 4.74 Å². The molecule has 0 fully saturated rings. The monoisotopic (exact) mass is 401 g/mol. The molecule has 1 atom stereocenters. The zero-order valence-corrected chi connectivity index (χ0v) is 16.1. The molecule has 5 heteroatoms. The number of pyridine rings is 1. The minimum Gasteiger partial charge on any atom is -0.487 e. The summed E-state index contributed by atoms with van der Waals surface area (Å²) in [6, 6.07) is 24.6. The summed E-state index contributed by atoms with van der Waals surface area (Å²) in [6.07, 6.45) is -0.414.